The van der Waals surface area contributed by atoms with E-state index in [0.29, 0.717) is 6.42 Å². The summed E-state index contributed by atoms with van der Waals surface area (Å²) in [5.41, 5.74) is -10.4. The van der Waals surface area contributed by atoms with E-state index in [1.807, 2.05) is 0 Å². The molecule has 3 aliphatic rings. The molecule has 0 aromatic rings. The maximum atomic E-state index is 12.5. The molecular weight excluding hydrogens is 531 g/mol. The Labute approximate surface area is 220 Å². The predicted molar refractivity (Wildman–Crippen MR) is 133 cm³/mol. The van der Waals surface area contributed by atoms with Crippen LogP contribution in [-0.4, -0.2) is 101 Å². The second kappa shape index (κ2) is 10.2. The van der Waals surface area contributed by atoms with Crippen molar-refractivity contribution in [1.29, 1.82) is 0 Å². The minimum Gasteiger partial charge on any atom is -0.462 e. The van der Waals surface area contributed by atoms with E-state index in [9.17, 15) is 29.5 Å². The van der Waals surface area contributed by atoms with Crippen molar-refractivity contribution >= 4 is 31.6 Å². The number of hydrogen-bond acceptors (Lipinski definition) is 10. The lowest BCUT2D eigenvalue weighted by Crippen LogP contribution is -2.85. The summed E-state index contributed by atoms with van der Waals surface area (Å²) in [4.78, 5) is 42.3. The summed E-state index contributed by atoms with van der Waals surface area (Å²) in [7, 11) is -4.96. The number of phosphoric ester groups is 1. The Kier molecular flexibility index (Phi) is 8.44. The maximum absolute atomic E-state index is 12.5. The number of amides is 2. The molecule has 0 aromatic carbocycles. The fraction of sp³-hybridized carbons (Fsp3) is 0.909. The highest BCUT2D eigenvalue weighted by Gasteiger charge is 2.74. The van der Waals surface area contributed by atoms with E-state index in [1.165, 1.54) is 27.7 Å². The Morgan fingerprint density at radius 1 is 1.03 bits per heavy atom. The van der Waals surface area contributed by atoms with E-state index >= 15 is 0 Å². The number of carbonyl (C=O) groups excluding carboxylic acids is 2. The Morgan fingerprint density at radius 2 is 1.62 bits per heavy atom. The quantitative estimate of drug-likeness (QED) is 0.0813. The van der Waals surface area contributed by atoms with E-state index < -0.39 is 55.0 Å². The van der Waals surface area contributed by atoms with Crippen molar-refractivity contribution in [2.24, 2.45) is 0 Å². The van der Waals surface area contributed by atoms with Crippen molar-refractivity contribution in [3.63, 3.8) is 0 Å². The molecule has 0 spiro atoms. The van der Waals surface area contributed by atoms with Crippen LogP contribution in [0.3, 0.4) is 0 Å². The Balaban J connectivity index is 1.58. The predicted octanol–water partition coefficient (Wildman–Crippen LogP) is 0.165. The van der Waals surface area contributed by atoms with Crippen molar-refractivity contribution in [3.05, 3.63) is 0 Å². The maximum Gasteiger partial charge on any atom is 0.469 e. The van der Waals surface area contributed by atoms with Gasteiger partial charge in [-0.15, -0.1) is 0 Å². The molecule has 0 radical (unpaired) electrons. The highest BCUT2D eigenvalue weighted by Crippen LogP contribution is 2.54. The summed E-state index contributed by atoms with van der Waals surface area (Å²) in [5, 5.41) is 39.8. The molecule has 7 N–H and O–H groups in total. The number of nitrogens with one attached hydrogen (secondary N) is 2. The molecule has 3 heterocycles. The largest absolute Gasteiger partial charge is 0.469 e. The van der Waals surface area contributed by atoms with Crippen LogP contribution < -0.4 is 10.6 Å². The number of phosphoric acid groups is 1. The van der Waals surface area contributed by atoms with Crippen LogP contribution in [0.2, 0.25) is 0 Å². The number of aliphatic hydroxyl groups is 3. The lowest BCUT2D eigenvalue weighted by atomic mass is 9.58. The molecule has 2 amide bonds. The lowest BCUT2D eigenvalue weighted by molar-refractivity contribution is -0.405. The highest BCUT2D eigenvalue weighted by molar-refractivity contribution is 8.00. The zero-order valence-electron chi connectivity index (χ0n) is 21.7. The third-order valence-corrected chi connectivity index (χ3v) is 10.5. The number of unbranched alkanes of at least 4 members (excludes halogenated alkanes) is 1. The first kappa shape index (κ1) is 30.6. The number of hydrogen-bond donors (Lipinski definition) is 7. The molecule has 13 nitrogen and oxygen atoms in total. The molecule has 3 unspecified atom stereocenters. The van der Waals surface area contributed by atoms with Crippen LogP contribution in [0, 0.1) is 0 Å². The summed E-state index contributed by atoms with van der Waals surface area (Å²) < 4.78 is 27.2. The normalized spacial score (nSPS) is 43.7. The summed E-state index contributed by atoms with van der Waals surface area (Å²) in [5.74, 6) is 0.294. The molecule has 37 heavy (non-hydrogen) atoms. The molecule has 0 aliphatic carbocycles. The average molecular weight is 571 g/mol. The van der Waals surface area contributed by atoms with Crippen molar-refractivity contribution in [2.75, 3.05) is 19.0 Å². The van der Waals surface area contributed by atoms with Gasteiger partial charge in [0.1, 0.15) is 34.6 Å². The van der Waals surface area contributed by atoms with Gasteiger partial charge in [-0.2, -0.15) is 11.8 Å². The van der Waals surface area contributed by atoms with Gasteiger partial charge in [0, 0.05) is 17.4 Å². The minimum absolute atomic E-state index is 0.0870. The van der Waals surface area contributed by atoms with Crippen molar-refractivity contribution in [2.45, 2.75) is 106 Å². The van der Waals surface area contributed by atoms with E-state index in [4.69, 9.17) is 19.3 Å². The zero-order chi connectivity index (χ0) is 28.1. The molecule has 0 saturated carbocycles. The Morgan fingerprint density at radius 3 is 2.22 bits per heavy atom. The van der Waals surface area contributed by atoms with Gasteiger partial charge in [0.25, 0.3) is 0 Å². The van der Waals surface area contributed by atoms with Crippen LogP contribution in [0.4, 0.5) is 4.79 Å². The SMILES string of the molecule is CC1(O)[C@@](C)(COC(=O)CCCCC2SC[C@@H]3NC(=O)N[C@H]23)OC(C)(COP(=O)(O)O)[C@@](C)(O)[C@@]1(C)O. The van der Waals surface area contributed by atoms with Gasteiger partial charge in [0.2, 0.25) is 0 Å². The average Bonchev–Trinajstić information content (AvgIpc) is 3.31. The third kappa shape index (κ3) is 5.68. The zero-order valence-corrected chi connectivity index (χ0v) is 23.4. The molecule has 0 aromatic heterocycles. The Bertz CT molecular complexity index is 942. The topological polar surface area (TPSA) is 204 Å². The number of esters is 1. The van der Waals surface area contributed by atoms with E-state index in [1.54, 1.807) is 11.8 Å². The number of carbonyl (C=O) groups is 2. The second-order valence-electron chi connectivity index (χ2n) is 11.1. The van der Waals surface area contributed by atoms with Gasteiger partial charge in [0.15, 0.2) is 0 Å². The van der Waals surface area contributed by atoms with Crippen LogP contribution in [0.15, 0.2) is 0 Å². The van der Waals surface area contributed by atoms with Gasteiger partial charge in [-0.1, -0.05) is 6.42 Å². The second-order valence-corrected chi connectivity index (χ2v) is 13.6. The number of rotatable bonds is 10. The highest BCUT2D eigenvalue weighted by atomic mass is 32.2. The van der Waals surface area contributed by atoms with Gasteiger partial charge in [0.05, 0.1) is 18.7 Å². The van der Waals surface area contributed by atoms with Crippen LogP contribution in [0.5, 0.6) is 0 Å². The van der Waals surface area contributed by atoms with E-state index in [0.717, 1.165) is 25.5 Å². The van der Waals surface area contributed by atoms with Gasteiger partial charge in [-0.25, -0.2) is 9.36 Å². The van der Waals surface area contributed by atoms with Gasteiger partial charge in [-0.3, -0.25) is 9.32 Å². The van der Waals surface area contributed by atoms with Crippen molar-refractivity contribution in [1.82, 2.24) is 10.6 Å². The number of thioether (sulfide) groups is 1. The Hall–Kier alpha value is -0.960. The lowest BCUT2D eigenvalue weighted by Gasteiger charge is -2.65. The smallest absolute Gasteiger partial charge is 0.462 e. The summed E-state index contributed by atoms with van der Waals surface area (Å²) in [6.45, 7) is 4.88. The fourth-order valence-corrected chi connectivity index (χ4v) is 7.25. The summed E-state index contributed by atoms with van der Waals surface area (Å²) in [6, 6.07) is 0.0688. The number of urea groups is 1. The summed E-state index contributed by atoms with van der Waals surface area (Å²) in [6.07, 6.45) is 2.21. The molecule has 214 valence electrons. The minimum atomic E-state index is -4.96. The monoisotopic (exact) mass is 570 g/mol. The fourth-order valence-electron chi connectivity index (χ4n) is 5.30. The molecule has 3 rings (SSSR count). The molecule has 15 heteroatoms. The molecule has 3 fully saturated rings. The first-order chi connectivity index (χ1) is 16.8. The summed E-state index contributed by atoms with van der Waals surface area (Å²) >= 11 is 1.79. The van der Waals surface area contributed by atoms with Crippen molar-refractivity contribution in [3.8, 4) is 0 Å². The third-order valence-electron chi connectivity index (χ3n) is 8.48. The first-order valence-corrected chi connectivity index (χ1v) is 14.8. The van der Waals surface area contributed by atoms with E-state index in [2.05, 4.69) is 15.2 Å². The standard InChI is InChI=1S/C22H39N2O11PS/c1-18(11-33-15(25)9-7-6-8-14-16-13(10-37-14)23-17(26)24-16)20(3,27)22(5,29)21(4,28)19(2,35-18)12-34-36(30,31)32/h13-14,16,27-29H,6-12H2,1-5H3,(H2,23,24,26)(H2,30,31,32)/t13-,14?,16-,18+,19?,20?,21+,22-/m0/s1. The van der Waals surface area contributed by atoms with Gasteiger partial charge < -0.3 is 45.2 Å². The molecule has 3 aliphatic heterocycles. The van der Waals surface area contributed by atoms with Crippen LogP contribution in [0.1, 0.15) is 60.3 Å². The first-order valence-electron chi connectivity index (χ1n) is 12.2. The van der Waals surface area contributed by atoms with Crippen LogP contribution >= 0.6 is 19.6 Å². The van der Waals surface area contributed by atoms with Gasteiger partial charge in [-0.05, 0) is 47.5 Å². The molecule has 3 saturated heterocycles. The van der Waals surface area contributed by atoms with Crippen molar-refractivity contribution < 1.29 is 53.3 Å². The van der Waals surface area contributed by atoms with Crippen LogP contribution in [-0.2, 0) is 23.4 Å². The molecule has 8 atom stereocenters. The van der Waals surface area contributed by atoms with E-state index in [-0.39, 0.29) is 29.8 Å². The number of ether oxygens (including phenoxy) is 2. The number of fused-ring (bicyclic) bond motifs is 1. The molecule has 0 bridgehead atoms. The molecular formula is C22H39N2O11PS. The van der Waals surface area contributed by atoms with Crippen LogP contribution in [0.25, 0.3) is 0 Å². The van der Waals surface area contributed by atoms with Gasteiger partial charge >= 0.3 is 19.8 Å².